The fourth-order valence-electron chi connectivity index (χ4n) is 1.76. The van der Waals surface area contributed by atoms with Crippen LogP contribution in [0, 0.1) is 11.8 Å². The van der Waals surface area contributed by atoms with Gasteiger partial charge in [-0.1, -0.05) is 0 Å². The number of H-pyrrole nitrogens is 1. The van der Waals surface area contributed by atoms with Crippen molar-refractivity contribution >= 4 is 0 Å². The lowest BCUT2D eigenvalue weighted by molar-refractivity contribution is 0.0701. The highest BCUT2D eigenvalue weighted by Crippen LogP contribution is 2.55. The van der Waals surface area contributed by atoms with Crippen molar-refractivity contribution < 1.29 is 13.9 Å². The largest absolute Gasteiger partial charge is 0.396 e. The van der Waals surface area contributed by atoms with Crippen LogP contribution >= 0.6 is 0 Å². The summed E-state index contributed by atoms with van der Waals surface area (Å²) >= 11 is 0. The number of aliphatic hydroxyl groups is 1. The Morgan fingerprint density at radius 1 is 1.44 bits per heavy atom. The highest BCUT2D eigenvalue weighted by atomic mass is 19.3. The number of alkyl halides is 2. The zero-order chi connectivity index (χ0) is 11.9. The minimum atomic E-state index is -2.93. The van der Waals surface area contributed by atoms with Crippen LogP contribution in [0.1, 0.15) is 0 Å². The number of aromatic nitrogens is 2. The summed E-state index contributed by atoms with van der Waals surface area (Å²) in [5.74, 6) is -5.06. The standard InChI is InChI=1S/C9H10F2N2O3/c10-9(11)5(6(9)4-14)3-13-2-1-7(15)12-8(13)16/h1-2,5-6,14H,3-4H2,(H,12,15,16)/t5-,6-/m1/s1. The molecule has 1 aliphatic carbocycles. The Morgan fingerprint density at radius 3 is 2.62 bits per heavy atom. The van der Waals surface area contributed by atoms with Crippen LogP contribution in [-0.2, 0) is 6.54 Å². The second-order valence-electron chi connectivity index (χ2n) is 3.83. The van der Waals surface area contributed by atoms with Gasteiger partial charge in [-0.15, -0.1) is 0 Å². The molecule has 1 fully saturated rings. The number of hydrogen-bond donors (Lipinski definition) is 2. The van der Waals surface area contributed by atoms with Crippen LogP contribution in [0.3, 0.4) is 0 Å². The van der Waals surface area contributed by atoms with Crippen LogP contribution in [0.25, 0.3) is 0 Å². The first-order valence-electron chi connectivity index (χ1n) is 4.75. The molecule has 1 aromatic heterocycles. The van der Waals surface area contributed by atoms with E-state index >= 15 is 0 Å². The van der Waals surface area contributed by atoms with Gasteiger partial charge in [0.25, 0.3) is 11.5 Å². The molecule has 0 unspecified atom stereocenters. The maximum Gasteiger partial charge on any atom is 0.328 e. The second-order valence-corrected chi connectivity index (χ2v) is 3.83. The molecule has 0 aliphatic heterocycles. The third-order valence-corrected chi connectivity index (χ3v) is 2.85. The maximum atomic E-state index is 13.0. The summed E-state index contributed by atoms with van der Waals surface area (Å²) in [6.07, 6.45) is 1.17. The van der Waals surface area contributed by atoms with E-state index in [2.05, 4.69) is 0 Å². The van der Waals surface area contributed by atoms with Gasteiger partial charge in [0, 0.05) is 18.8 Å². The fraction of sp³-hybridized carbons (Fsp3) is 0.556. The third-order valence-electron chi connectivity index (χ3n) is 2.85. The molecule has 1 heterocycles. The lowest BCUT2D eigenvalue weighted by Crippen LogP contribution is -2.29. The van der Waals surface area contributed by atoms with Crippen LogP contribution in [0.5, 0.6) is 0 Å². The van der Waals surface area contributed by atoms with Crippen LogP contribution in [0.4, 0.5) is 8.78 Å². The SMILES string of the molecule is O=c1ccn(C[C@@H]2[C@@H](CO)C2(F)F)c(=O)[nH]1. The molecule has 0 radical (unpaired) electrons. The minimum Gasteiger partial charge on any atom is -0.396 e. The Kier molecular flexibility index (Phi) is 2.42. The molecular formula is C9H10F2N2O3. The van der Waals surface area contributed by atoms with E-state index in [1.54, 1.807) is 0 Å². The topological polar surface area (TPSA) is 75.1 Å². The molecule has 1 aromatic rings. The molecule has 88 valence electrons. The summed E-state index contributed by atoms with van der Waals surface area (Å²) in [4.78, 5) is 23.9. The second kappa shape index (κ2) is 3.51. The van der Waals surface area contributed by atoms with E-state index < -0.39 is 35.6 Å². The van der Waals surface area contributed by atoms with Gasteiger partial charge >= 0.3 is 5.69 Å². The Bertz CT molecular complexity index is 508. The summed E-state index contributed by atoms with van der Waals surface area (Å²) in [5, 5.41) is 8.68. The van der Waals surface area contributed by atoms with E-state index in [1.807, 2.05) is 4.98 Å². The van der Waals surface area contributed by atoms with Gasteiger partial charge in [0.1, 0.15) is 0 Å². The third kappa shape index (κ3) is 1.67. The molecule has 2 rings (SSSR count). The highest BCUT2D eigenvalue weighted by molar-refractivity contribution is 5.05. The van der Waals surface area contributed by atoms with Gasteiger partial charge in [0.05, 0.1) is 18.4 Å². The molecule has 5 nitrogen and oxygen atoms in total. The van der Waals surface area contributed by atoms with Crippen molar-refractivity contribution in [2.75, 3.05) is 6.61 Å². The maximum absolute atomic E-state index is 13.0. The molecule has 0 spiro atoms. The van der Waals surface area contributed by atoms with Gasteiger partial charge in [-0.05, 0) is 0 Å². The van der Waals surface area contributed by atoms with Crippen LogP contribution < -0.4 is 11.2 Å². The highest BCUT2D eigenvalue weighted by Gasteiger charge is 2.67. The summed E-state index contributed by atoms with van der Waals surface area (Å²) in [5.41, 5.74) is -1.28. The van der Waals surface area contributed by atoms with Crippen molar-refractivity contribution in [3.05, 3.63) is 33.1 Å². The van der Waals surface area contributed by atoms with Gasteiger partial charge in [0.2, 0.25) is 0 Å². The van der Waals surface area contributed by atoms with Gasteiger partial charge in [-0.25, -0.2) is 13.6 Å². The van der Waals surface area contributed by atoms with E-state index in [0.29, 0.717) is 0 Å². The fourth-order valence-corrected chi connectivity index (χ4v) is 1.76. The zero-order valence-electron chi connectivity index (χ0n) is 8.19. The first kappa shape index (κ1) is 11.0. The van der Waals surface area contributed by atoms with Crippen molar-refractivity contribution in [3.8, 4) is 0 Å². The van der Waals surface area contributed by atoms with E-state index in [0.717, 1.165) is 10.6 Å². The molecule has 1 saturated carbocycles. The molecule has 0 saturated heterocycles. The molecule has 0 aromatic carbocycles. The van der Waals surface area contributed by atoms with Gasteiger partial charge < -0.3 is 9.67 Å². The van der Waals surface area contributed by atoms with Crippen LogP contribution in [0.2, 0.25) is 0 Å². The minimum absolute atomic E-state index is 0.201. The Morgan fingerprint density at radius 2 is 2.12 bits per heavy atom. The van der Waals surface area contributed by atoms with Crippen molar-refractivity contribution in [2.45, 2.75) is 12.5 Å². The molecule has 1 aliphatic rings. The smallest absolute Gasteiger partial charge is 0.328 e. The Hall–Kier alpha value is -1.50. The molecule has 16 heavy (non-hydrogen) atoms. The molecule has 0 bridgehead atoms. The molecular weight excluding hydrogens is 222 g/mol. The number of rotatable bonds is 3. The predicted octanol–water partition coefficient (Wildman–Crippen LogP) is -0.590. The first-order chi connectivity index (χ1) is 7.46. The van der Waals surface area contributed by atoms with E-state index in [4.69, 9.17) is 5.11 Å². The Balaban J connectivity index is 2.18. The summed E-state index contributed by atoms with van der Waals surface area (Å²) < 4.78 is 27.0. The number of nitrogens with zero attached hydrogens (tertiary/aromatic N) is 1. The average Bonchev–Trinajstić information content (AvgIpc) is 2.72. The summed E-state index contributed by atoms with van der Waals surface area (Å²) in [6.45, 7) is -0.802. The number of aromatic amines is 1. The predicted molar refractivity (Wildman–Crippen MR) is 50.3 cm³/mol. The number of hydrogen-bond acceptors (Lipinski definition) is 3. The van der Waals surface area contributed by atoms with Crippen LogP contribution in [-0.4, -0.2) is 27.2 Å². The van der Waals surface area contributed by atoms with E-state index in [9.17, 15) is 18.4 Å². The number of halogens is 2. The van der Waals surface area contributed by atoms with E-state index in [1.165, 1.54) is 6.20 Å². The zero-order valence-corrected chi connectivity index (χ0v) is 8.19. The lowest BCUT2D eigenvalue weighted by atomic mass is 10.3. The summed E-state index contributed by atoms with van der Waals surface area (Å²) in [6, 6.07) is 1.09. The van der Waals surface area contributed by atoms with Crippen molar-refractivity contribution in [2.24, 2.45) is 11.8 Å². The molecule has 7 heteroatoms. The number of nitrogens with one attached hydrogen (secondary N) is 1. The molecule has 0 amide bonds. The normalized spacial score (nSPS) is 26.7. The monoisotopic (exact) mass is 232 g/mol. The van der Waals surface area contributed by atoms with Crippen LogP contribution in [0.15, 0.2) is 21.9 Å². The number of aliphatic hydroxyl groups excluding tert-OH is 1. The van der Waals surface area contributed by atoms with Gasteiger partial charge in [-0.2, -0.15) is 0 Å². The Labute approximate surface area is 88.3 Å². The van der Waals surface area contributed by atoms with E-state index in [-0.39, 0.29) is 6.54 Å². The average molecular weight is 232 g/mol. The lowest BCUT2D eigenvalue weighted by Gasteiger charge is -2.02. The van der Waals surface area contributed by atoms with Crippen molar-refractivity contribution in [1.82, 2.24) is 9.55 Å². The first-order valence-corrected chi connectivity index (χ1v) is 4.75. The van der Waals surface area contributed by atoms with Crippen molar-refractivity contribution in [3.63, 3.8) is 0 Å². The van der Waals surface area contributed by atoms with Gasteiger partial charge in [-0.3, -0.25) is 9.78 Å². The molecule has 2 atom stereocenters. The summed E-state index contributed by atoms with van der Waals surface area (Å²) in [7, 11) is 0. The molecule has 2 N–H and O–H groups in total. The van der Waals surface area contributed by atoms with Crippen molar-refractivity contribution in [1.29, 1.82) is 0 Å². The van der Waals surface area contributed by atoms with Gasteiger partial charge in [0.15, 0.2) is 0 Å². The quantitative estimate of drug-likeness (QED) is 0.731.